The number of pyridine rings is 1. The summed E-state index contributed by atoms with van der Waals surface area (Å²) in [6.07, 6.45) is 2.17. The summed E-state index contributed by atoms with van der Waals surface area (Å²) >= 11 is 0. The van der Waals surface area contributed by atoms with Gasteiger partial charge in [0.1, 0.15) is 0 Å². The molecular weight excluding hydrogens is 209 g/mol. The first-order chi connectivity index (χ1) is 7.61. The van der Waals surface area contributed by atoms with E-state index in [0.717, 1.165) is 6.42 Å². The highest BCUT2D eigenvalue weighted by molar-refractivity contribution is 6.59. The van der Waals surface area contributed by atoms with Crippen LogP contribution in [0.1, 0.15) is 40.9 Å². The number of hydrogen-bond acceptors (Lipinski definition) is 5. The van der Waals surface area contributed by atoms with Gasteiger partial charge in [-0.15, -0.1) is 0 Å². The van der Waals surface area contributed by atoms with Gasteiger partial charge >= 0.3 is 13.1 Å². The zero-order valence-corrected chi connectivity index (χ0v) is 9.10. The van der Waals surface area contributed by atoms with Crippen LogP contribution in [0.4, 0.5) is 0 Å². The van der Waals surface area contributed by atoms with Crippen molar-refractivity contribution >= 4 is 18.6 Å². The Labute approximate surface area is 93.2 Å². The molecule has 2 N–H and O–H groups in total. The largest absolute Gasteiger partial charge is 0.490 e. The smallest absolute Gasteiger partial charge is 0.465 e. The second-order valence-electron chi connectivity index (χ2n) is 3.71. The molecule has 0 amide bonds. The van der Waals surface area contributed by atoms with Gasteiger partial charge in [-0.1, -0.05) is 6.92 Å². The van der Waals surface area contributed by atoms with E-state index in [1.54, 1.807) is 0 Å². The Morgan fingerprint density at radius 2 is 2.31 bits per heavy atom. The van der Waals surface area contributed by atoms with E-state index in [2.05, 4.69) is 9.72 Å². The molecule has 1 aliphatic carbocycles. The average Bonchev–Trinajstić information content (AvgIpc) is 2.29. The summed E-state index contributed by atoms with van der Waals surface area (Å²) in [5.74, 6) is -0.444. The second-order valence-corrected chi connectivity index (χ2v) is 3.71. The number of carbonyl (C=O) groups is 1. The third kappa shape index (κ3) is 1.34. The first-order valence-corrected chi connectivity index (χ1v) is 5.08. The first kappa shape index (κ1) is 11.1. The Morgan fingerprint density at radius 1 is 1.62 bits per heavy atom. The van der Waals surface area contributed by atoms with Crippen molar-refractivity contribution in [1.82, 2.24) is 4.98 Å². The quantitative estimate of drug-likeness (QED) is 0.526. The lowest BCUT2D eigenvalue weighted by Crippen LogP contribution is -2.42. The van der Waals surface area contributed by atoms with Crippen LogP contribution in [-0.4, -0.2) is 35.2 Å². The van der Waals surface area contributed by atoms with Crippen LogP contribution in [0.3, 0.4) is 0 Å². The average molecular weight is 221 g/mol. The minimum atomic E-state index is -1.60. The minimum absolute atomic E-state index is 0.0240. The van der Waals surface area contributed by atoms with E-state index >= 15 is 0 Å². The predicted molar refractivity (Wildman–Crippen MR) is 57.5 cm³/mol. The lowest BCUT2D eigenvalue weighted by Gasteiger charge is -2.32. The van der Waals surface area contributed by atoms with Crippen molar-refractivity contribution in [3.8, 4) is 0 Å². The molecule has 1 atom stereocenters. The van der Waals surface area contributed by atoms with E-state index in [4.69, 9.17) is 0 Å². The SMILES string of the molecule is CC[C@@H]1c2ncc(B(O)O)c1c2C(=O)OC. The van der Waals surface area contributed by atoms with Gasteiger partial charge in [-0.05, 0) is 12.0 Å². The van der Waals surface area contributed by atoms with Crippen LogP contribution in [0.15, 0.2) is 6.20 Å². The number of fused-ring (bicyclic) bond motifs is 2. The molecule has 6 heteroatoms. The molecule has 0 saturated carbocycles. The number of ether oxygens (including phenoxy) is 1. The van der Waals surface area contributed by atoms with E-state index in [0.29, 0.717) is 22.3 Å². The lowest BCUT2D eigenvalue weighted by molar-refractivity contribution is 0.0592. The van der Waals surface area contributed by atoms with E-state index in [1.807, 2.05) is 6.92 Å². The van der Waals surface area contributed by atoms with Crippen LogP contribution in [0.5, 0.6) is 0 Å². The zero-order valence-electron chi connectivity index (χ0n) is 9.10. The normalized spacial score (nSPS) is 16.6. The third-order valence-corrected chi connectivity index (χ3v) is 2.93. The highest BCUT2D eigenvalue weighted by Gasteiger charge is 2.40. The summed E-state index contributed by atoms with van der Waals surface area (Å²) in [7, 11) is -0.307. The highest BCUT2D eigenvalue weighted by atomic mass is 16.5. The van der Waals surface area contributed by atoms with Crippen LogP contribution < -0.4 is 5.46 Å². The fraction of sp³-hybridized carbons (Fsp3) is 0.400. The van der Waals surface area contributed by atoms with Gasteiger partial charge in [-0.25, -0.2) is 4.79 Å². The highest BCUT2D eigenvalue weighted by Crippen LogP contribution is 2.40. The van der Waals surface area contributed by atoms with E-state index in [9.17, 15) is 14.8 Å². The molecule has 16 heavy (non-hydrogen) atoms. The number of aromatic nitrogens is 1. The van der Waals surface area contributed by atoms with E-state index < -0.39 is 13.1 Å². The fourth-order valence-electron chi connectivity index (χ4n) is 2.17. The summed E-state index contributed by atoms with van der Waals surface area (Å²) in [6.45, 7) is 1.96. The molecule has 0 unspecified atom stereocenters. The van der Waals surface area contributed by atoms with Gasteiger partial charge in [0, 0.05) is 17.6 Å². The van der Waals surface area contributed by atoms with Crippen molar-refractivity contribution in [2.75, 3.05) is 7.11 Å². The Hall–Kier alpha value is -1.40. The summed E-state index contributed by atoms with van der Waals surface area (Å²) in [5, 5.41) is 18.4. The van der Waals surface area contributed by atoms with Crippen LogP contribution in [0, 0.1) is 0 Å². The Morgan fingerprint density at radius 3 is 2.81 bits per heavy atom. The molecule has 2 heterocycles. The summed E-state index contributed by atoms with van der Waals surface area (Å²) in [5.41, 5.74) is 2.03. The zero-order chi connectivity index (χ0) is 11.9. The predicted octanol–water partition coefficient (Wildman–Crippen LogP) is -0.597. The van der Waals surface area contributed by atoms with E-state index in [-0.39, 0.29) is 5.92 Å². The maximum Gasteiger partial charge on any atom is 0.490 e. The Kier molecular flexibility index (Phi) is 2.69. The summed E-state index contributed by atoms with van der Waals surface area (Å²) in [4.78, 5) is 15.6. The molecule has 0 fully saturated rings. The van der Waals surface area contributed by atoms with Crippen LogP contribution in [0.2, 0.25) is 0 Å². The molecule has 0 radical (unpaired) electrons. The van der Waals surface area contributed by atoms with Crippen molar-refractivity contribution in [1.29, 1.82) is 0 Å². The molecule has 3 rings (SSSR count). The molecule has 0 saturated heterocycles. The van der Waals surface area contributed by atoms with Gasteiger partial charge in [0.2, 0.25) is 0 Å². The minimum Gasteiger partial charge on any atom is -0.465 e. The van der Waals surface area contributed by atoms with Crippen molar-refractivity contribution in [3.63, 3.8) is 0 Å². The van der Waals surface area contributed by atoms with Gasteiger partial charge in [-0.3, -0.25) is 4.98 Å². The lowest BCUT2D eigenvalue weighted by atomic mass is 9.65. The maximum absolute atomic E-state index is 11.5. The van der Waals surface area contributed by atoms with Gasteiger partial charge in [0.05, 0.1) is 18.4 Å². The standard InChI is InChI=1S/C10H12BNO4/c1-3-5-7-6(11(14)15)4-12-9(5)8(7)10(13)16-2/h4-5,14-15H,3H2,1-2H3/t5-/m0/s1. The summed E-state index contributed by atoms with van der Waals surface area (Å²) < 4.78 is 4.64. The third-order valence-electron chi connectivity index (χ3n) is 2.93. The number of hydrogen-bond donors (Lipinski definition) is 2. The molecule has 2 aliphatic rings. The molecule has 84 valence electrons. The number of nitrogens with zero attached hydrogens (tertiary/aromatic N) is 1. The topological polar surface area (TPSA) is 79.7 Å². The van der Waals surface area contributed by atoms with E-state index in [1.165, 1.54) is 13.3 Å². The molecule has 1 aromatic rings. The fourth-order valence-corrected chi connectivity index (χ4v) is 2.17. The number of esters is 1. The second kappa shape index (κ2) is 3.88. The monoisotopic (exact) mass is 221 g/mol. The molecule has 1 aromatic heterocycles. The van der Waals surface area contributed by atoms with Gasteiger partial charge in [0.15, 0.2) is 0 Å². The van der Waals surface area contributed by atoms with Gasteiger partial charge < -0.3 is 14.8 Å². The van der Waals surface area contributed by atoms with Crippen molar-refractivity contribution in [3.05, 3.63) is 23.0 Å². The van der Waals surface area contributed by atoms with Gasteiger partial charge in [0.25, 0.3) is 0 Å². The molecule has 0 aromatic carbocycles. The molecule has 5 nitrogen and oxygen atoms in total. The Balaban J connectivity index is 2.53. The maximum atomic E-state index is 11.5. The first-order valence-electron chi connectivity index (χ1n) is 5.08. The van der Waals surface area contributed by atoms with Gasteiger partial charge in [-0.2, -0.15) is 0 Å². The van der Waals surface area contributed by atoms with Crippen LogP contribution in [-0.2, 0) is 4.74 Å². The molecule has 2 bridgehead atoms. The molecule has 1 aliphatic heterocycles. The Bertz CT molecular complexity index is 447. The number of carbonyl (C=O) groups excluding carboxylic acids is 1. The molecule has 0 spiro atoms. The van der Waals surface area contributed by atoms with Crippen LogP contribution >= 0.6 is 0 Å². The molecular formula is C10H12BNO4. The number of rotatable bonds is 3. The van der Waals surface area contributed by atoms with Crippen LogP contribution in [0.25, 0.3) is 0 Å². The van der Waals surface area contributed by atoms with Crippen molar-refractivity contribution < 1.29 is 19.6 Å². The summed E-state index contributed by atoms with van der Waals surface area (Å²) in [6, 6.07) is 0. The van der Waals surface area contributed by atoms with Crippen molar-refractivity contribution in [2.24, 2.45) is 0 Å². The number of methoxy groups -OCH3 is 1. The van der Waals surface area contributed by atoms with Crippen molar-refractivity contribution in [2.45, 2.75) is 19.3 Å².